The molecule has 12 heteroatoms. The fourth-order valence-corrected chi connectivity index (χ4v) is 6.69. The average Bonchev–Trinajstić information content (AvgIpc) is 3.70. The van der Waals surface area contributed by atoms with Gasteiger partial charge in [-0.1, -0.05) is 83.1 Å². The molecule has 46 heavy (non-hydrogen) atoms. The standard InChI is InChI=1S/C34H26Cl2N6O2S2/c35-25-15-11-23(12-16-25)29(43)21-45-33-39-37-31(41(33)27-7-3-1-4-8-27)19-20-32-38-40-34(42(32)28-9-5-2-6-10-28)46-22-30(44)24-13-17-26(36)18-14-24/h1-18H,19-22H2. The number of halogens is 2. The van der Waals surface area contributed by atoms with Crippen LogP contribution in [0.4, 0.5) is 0 Å². The lowest BCUT2D eigenvalue weighted by atomic mass is 10.1. The molecule has 0 bridgehead atoms. The molecule has 8 nitrogen and oxygen atoms in total. The van der Waals surface area contributed by atoms with Gasteiger partial charge in [0.15, 0.2) is 21.9 Å². The van der Waals surface area contributed by atoms with E-state index < -0.39 is 0 Å². The highest BCUT2D eigenvalue weighted by Crippen LogP contribution is 2.27. The van der Waals surface area contributed by atoms with Crippen molar-refractivity contribution in [1.29, 1.82) is 0 Å². The van der Waals surface area contributed by atoms with Gasteiger partial charge in [-0.3, -0.25) is 18.7 Å². The van der Waals surface area contributed by atoms with Gasteiger partial charge in [0.25, 0.3) is 0 Å². The normalized spacial score (nSPS) is 11.1. The minimum atomic E-state index is -0.0265. The maximum absolute atomic E-state index is 12.9. The molecule has 0 aliphatic carbocycles. The molecule has 4 aromatic carbocycles. The Morgan fingerprint density at radius 1 is 0.522 bits per heavy atom. The third-order valence-electron chi connectivity index (χ3n) is 7.00. The Morgan fingerprint density at radius 3 is 1.26 bits per heavy atom. The van der Waals surface area contributed by atoms with Crippen LogP contribution in [0.2, 0.25) is 10.0 Å². The van der Waals surface area contributed by atoms with Crippen molar-refractivity contribution < 1.29 is 9.59 Å². The molecule has 0 saturated heterocycles. The Morgan fingerprint density at radius 2 is 0.891 bits per heavy atom. The highest BCUT2D eigenvalue weighted by molar-refractivity contribution is 8.00. The molecule has 2 heterocycles. The molecule has 2 aromatic heterocycles. The molecule has 0 atom stereocenters. The van der Waals surface area contributed by atoms with Crippen LogP contribution < -0.4 is 0 Å². The summed E-state index contributed by atoms with van der Waals surface area (Å²) >= 11 is 14.6. The van der Waals surface area contributed by atoms with E-state index >= 15 is 0 Å². The van der Waals surface area contributed by atoms with Crippen LogP contribution in [0.15, 0.2) is 120 Å². The lowest BCUT2D eigenvalue weighted by Crippen LogP contribution is -2.09. The van der Waals surface area contributed by atoms with Gasteiger partial charge in [0, 0.05) is 45.4 Å². The number of carbonyl (C=O) groups excluding carboxylic acids is 2. The number of hydrogen-bond donors (Lipinski definition) is 0. The minimum Gasteiger partial charge on any atom is -0.293 e. The third-order valence-corrected chi connectivity index (χ3v) is 9.36. The van der Waals surface area contributed by atoms with Crippen LogP contribution in [-0.2, 0) is 12.8 Å². The smallest absolute Gasteiger partial charge is 0.196 e. The highest BCUT2D eigenvalue weighted by atomic mass is 35.5. The number of hydrogen-bond acceptors (Lipinski definition) is 8. The largest absolute Gasteiger partial charge is 0.293 e. The molecule has 0 aliphatic heterocycles. The van der Waals surface area contributed by atoms with Crippen molar-refractivity contribution in [3.63, 3.8) is 0 Å². The zero-order valence-electron chi connectivity index (χ0n) is 24.3. The number of carbonyl (C=O) groups is 2. The van der Waals surface area contributed by atoms with Crippen molar-refractivity contribution in [3.05, 3.63) is 142 Å². The average molecular weight is 686 g/mol. The second-order valence-electron chi connectivity index (χ2n) is 10.1. The summed E-state index contributed by atoms with van der Waals surface area (Å²) < 4.78 is 3.95. The van der Waals surface area contributed by atoms with Gasteiger partial charge in [0.05, 0.1) is 11.5 Å². The predicted octanol–water partition coefficient (Wildman–Crippen LogP) is 7.89. The van der Waals surface area contributed by atoms with Crippen molar-refractivity contribution in [2.75, 3.05) is 11.5 Å². The van der Waals surface area contributed by atoms with E-state index in [1.807, 2.05) is 69.8 Å². The monoisotopic (exact) mass is 684 g/mol. The number of ketones is 2. The fourth-order valence-electron chi connectivity index (χ4n) is 4.71. The summed E-state index contributed by atoms with van der Waals surface area (Å²) in [6.07, 6.45) is 1.01. The number of aryl methyl sites for hydroxylation is 2. The maximum Gasteiger partial charge on any atom is 0.196 e. The number of rotatable bonds is 13. The molecule has 0 N–H and O–H groups in total. The number of nitrogens with zero attached hydrogens (tertiary/aromatic N) is 6. The van der Waals surface area contributed by atoms with Crippen LogP contribution in [-0.4, -0.2) is 52.6 Å². The number of Topliss-reactive ketones (excluding diaryl/α,β-unsaturated/α-hetero) is 2. The van der Waals surface area contributed by atoms with E-state index in [4.69, 9.17) is 23.2 Å². The van der Waals surface area contributed by atoms with Gasteiger partial charge in [-0.2, -0.15) is 0 Å². The zero-order chi connectivity index (χ0) is 31.9. The lowest BCUT2D eigenvalue weighted by Gasteiger charge is -2.12. The Kier molecular flexibility index (Phi) is 10.3. The minimum absolute atomic E-state index is 0.0265. The van der Waals surface area contributed by atoms with E-state index in [9.17, 15) is 9.59 Å². The molecule has 0 fully saturated rings. The molecule has 0 spiro atoms. The summed E-state index contributed by atoms with van der Waals surface area (Å²) in [5, 5.41) is 20.4. The first-order valence-corrected chi connectivity index (χ1v) is 17.0. The van der Waals surface area contributed by atoms with Crippen molar-refractivity contribution in [1.82, 2.24) is 29.5 Å². The Labute approximate surface area is 284 Å². The summed E-state index contributed by atoms with van der Waals surface area (Å²) in [6, 6.07) is 33.4. The van der Waals surface area contributed by atoms with E-state index in [-0.39, 0.29) is 23.1 Å². The van der Waals surface area contributed by atoms with E-state index in [0.29, 0.717) is 44.3 Å². The number of benzene rings is 4. The molecule has 0 amide bonds. The molecule has 0 radical (unpaired) electrons. The van der Waals surface area contributed by atoms with Crippen LogP contribution in [0.1, 0.15) is 32.4 Å². The summed E-state index contributed by atoms with van der Waals surface area (Å²) in [6.45, 7) is 0. The first kappa shape index (κ1) is 31.7. The SMILES string of the molecule is O=C(CSc1nnc(CCc2nnc(SCC(=O)c3ccc(Cl)cc3)n2-c2ccccc2)n1-c1ccccc1)c1ccc(Cl)cc1. The molecule has 0 saturated carbocycles. The fraction of sp³-hybridized carbons (Fsp3) is 0.118. The molecule has 230 valence electrons. The van der Waals surface area contributed by atoms with Crippen LogP contribution in [0.3, 0.4) is 0 Å². The summed E-state index contributed by atoms with van der Waals surface area (Å²) in [4.78, 5) is 25.8. The van der Waals surface area contributed by atoms with Crippen LogP contribution in [0, 0.1) is 0 Å². The van der Waals surface area contributed by atoms with E-state index in [1.54, 1.807) is 48.5 Å². The van der Waals surface area contributed by atoms with E-state index in [2.05, 4.69) is 20.4 Å². The molecule has 6 aromatic rings. The predicted molar refractivity (Wildman–Crippen MR) is 183 cm³/mol. The van der Waals surface area contributed by atoms with Crippen molar-refractivity contribution >= 4 is 58.3 Å². The van der Waals surface area contributed by atoms with E-state index in [1.165, 1.54) is 23.5 Å². The number of para-hydroxylation sites is 2. The Balaban J connectivity index is 1.23. The molecular formula is C34H26Cl2N6O2S2. The summed E-state index contributed by atoms with van der Waals surface area (Å²) in [7, 11) is 0. The highest BCUT2D eigenvalue weighted by Gasteiger charge is 2.20. The van der Waals surface area contributed by atoms with Crippen LogP contribution in [0.25, 0.3) is 11.4 Å². The second kappa shape index (κ2) is 14.9. The molecule has 6 rings (SSSR count). The summed E-state index contributed by atoms with van der Waals surface area (Å²) in [5.41, 5.74) is 2.97. The molecular weight excluding hydrogens is 659 g/mol. The number of thioether (sulfide) groups is 2. The van der Waals surface area contributed by atoms with Gasteiger partial charge in [-0.15, -0.1) is 20.4 Å². The van der Waals surface area contributed by atoms with Gasteiger partial charge in [0.2, 0.25) is 0 Å². The quantitative estimate of drug-likeness (QED) is 0.0895. The zero-order valence-corrected chi connectivity index (χ0v) is 27.4. The van der Waals surface area contributed by atoms with Gasteiger partial charge in [-0.05, 0) is 72.8 Å². The van der Waals surface area contributed by atoms with Gasteiger partial charge in [-0.25, -0.2) is 0 Å². The number of aromatic nitrogens is 6. The topological polar surface area (TPSA) is 95.6 Å². The second-order valence-corrected chi connectivity index (χ2v) is 12.8. The van der Waals surface area contributed by atoms with Crippen LogP contribution in [0.5, 0.6) is 0 Å². The Bertz CT molecular complexity index is 1800. The maximum atomic E-state index is 12.9. The third kappa shape index (κ3) is 7.59. The van der Waals surface area contributed by atoms with E-state index in [0.717, 1.165) is 23.0 Å². The molecule has 0 aliphatic rings. The lowest BCUT2D eigenvalue weighted by molar-refractivity contribution is 0.101. The van der Waals surface area contributed by atoms with Crippen molar-refractivity contribution in [2.45, 2.75) is 23.2 Å². The first-order chi connectivity index (χ1) is 22.5. The van der Waals surface area contributed by atoms with Crippen LogP contribution >= 0.6 is 46.7 Å². The van der Waals surface area contributed by atoms with Crippen molar-refractivity contribution in [2.24, 2.45) is 0 Å². The van der Waals surface area contributed by atoms with Gasteiger partial charge < -0.3 is 0 Å². The van der Waals surface area contributed by atoms with Gasteiger partial charge in [0.1, 0.15) is 11.6 Å². The Hall–Kier alpha value is -4.22. The van der Waals surface area contributed by atoms with Crippen molar-refractivity contribution in [3.8, 4) is 11.4 Å². The molecule has 0 unspecified atom stereocenters. The summed E-state index contributed by atoms with van der Waals surface area (Å²) in [5.74, 6) is 1.79. The van der Waals surface area contributed by atoms with Gasteiger partial charge >= 0.3 is 0 Å². The first-order valence-electron chi connectivity index (χ1n) is 14.3.